The van der Waals surface area contributed by atoms with Gasteiger partial charge in [0.1, 0.15) is 24.3 Å². The average molecular weight is 991 g/mol. The lowest BCUT2D eigenvalue weighted by atomic mass is 9.78. The normalized spacial score (nSPS) is 11.8. The Labute approximate surface area is 447 Å². The van der Waals surface area contributed by atoms with E-state index in [4.69, 9.17) is 0 Å². The molecule has 0 N–H and O–H groups in total. The second-order valence-electron chi connectivity index (χ2n) is 21.9. The molecular formula is C69H50N8. The quantitative estimate of drug-likeness (QED) is 0.157. The first-order valence-electron chi connectivity index (χ1n) is 25.8. The molecule has 77 heavy (non-hydrogen) atoms. The molecule has 8 heteroatoms. The average Bonchev–Trinajstić information content (AvgIpc) is 4.29. The van der Waals surface area contributed by atoms with E-state index in [-0.39, 0.29) is 10.8 Å². The van der Waals surface area contributed by atoms with Crippen molar-refractivity contribution in [2.45, 2.75) is 65.7 Å². The van der Waals surface area contributed by atoms with E-state index >= 15 is 0 Å². The zero-order valence-corrected chi connectivity index (χ0v) is 43.9. The van der Waals surface area contributed by atoms with Crippen molar-refractivity contribution in [2.75, 3.05) is 0 Å². The smallest absolute Gasteiger partial charge is 0.102 e. The highest BCUT2D eigenvalue weighted by Gasteiger charge is 2.29. The highest BCUT2D eigenvalue weighted by Crippen LogP contribution is 2.43. The number of rotatable bonds is 7. The molecule has 12 rings (SSSR count). The fourth-order valence-corrected chi connectivity index (χ4v) is 12.0. The maximum absolute atomic E-state index is 10.7. The van der Waals surface area contributed by atoms with Crippen LogP contribution in [0.2, 0.25) is 0 Å². The van der Waals surface area contributed by atoms with Crippen molar-refractivity contribution in [2.24, 2.45) is 0 Å². The lowest BCUT2D eigenvalue weighted by Gasteiger charge is -2.26. The predicted octanol–water partition coefficient (Wildman–Crippen LogP) is 16.4. The number of fused-ring (bicyclic) bond motifs is 9. The molecule has 366 valence electrons. The first-order chi connectivity index (χ1) is 37.2. The van der Waals surface area contributed by atoms with Crippen LogP contribution in [0.15, 0.2) is 164 Å². The minimum atomic E-state index is -0.333. The Morgan fingerprint density at radius 2 is 0.857 bits per heavy atom. The largest absolute Gasteiger partial charge is 0.309 e. The van der Waals surface area contributed by atoms with Crippen LogP contribution in [0.25, 0.3) is 93.6 Å². The first-order valence-corrected chi connectivity index (χ1v) is 25.8. The van der Waals surface area contributed by atoms with Gasteiger partial charge in [0.05, 0.1) is 78.4 Å². The molecule has 12 aromatic rings. The van der Waals surface area contributed by atoms with Crippen molar-refractivity contribution in [3.63, 3.8) is 0 Å². The van der Waals surface area contributed by atoms with Crippen LogP contribution in [-0.2, 0) is 17.3 Å². The number of nitrogens with zero attached hydrogens (tertiary/aromatic N) is 8. The third kappa shape index (κ3) is 7.37. The summed E-state index contributed by atoms with van der Waals surface area (Å²) in [5.41, 5.74) is 16.3. The Morgan fingerprint density at radius 1 is 0.377 bits per heavy atom. The number of aromatic nitrogens is 3. The van der Waals surface area contributed by atoms with Crippen molar-refractivity contribution in [1.82, 2.24) is 13.7 Å². The van der Waals surface area contributed by atoms with E-state index in [1.165, 1.54) is 11.1 Å². The van der Waals surface area contributed by atoms with Gasteiger partial charge in [0, 0.05) is 38.0 Å². The molecule has 9 aromatic carbocycles. The molecule has 3 heterocycles. The van der Waals surface area contributed by atoms with E-state index in [2.05, 4.69) is 200 Å². The number of hydrogen-bond donors (Lipinski definition) is 0. The summed E-state index contributed by atoms with van der Waals surface area (Å²) < 4.78 is 6.49. The fraction of sp³-hybridized carbons (Fsp3) is 0.145. The molecule has 0 amide bonds. The fourth-order valence-electron chi connectivity index (χ4n) is 12.0. The Kier molecular flexibility index (Phi) is 11.0. The van der Waals surface area contributed by atoms with E-state index < -0.39 is 0 Å². The van der Waals surface area contributed by atoms with Gasteiger partial charge in [-0.3, -0.25) is 0 Å². The summed E-state index contributed by atoms with van der Waals surface area (Å²) in [4.78, 5) is 0. The second-order valence-corrected chi connectivity index (χ2v) is 21.9. The summed E-state index contributed by atoms with van der Waals surface area (Å²) in [6.45, 7) is 14.8. The van der Waals surface area contributed by atoms with Gasteiger partial charge in [-0.2, -0.15) is 26.3 Å². The molecule has 0 saturated carbocycles. The molecule has 0 radical (unpaired) electrons. The standard InChI is InChI=1S/C69H50N8/c1-41-57(38-72)42(2)59(40-74)67(58(41)39-73)77-63-28-23-48(68(3,4)5)33-55(63)56-34-49(24-29-64(56)77)69(6,7)35-43-20-25-52-54-32-44(21-26-61(54)75(65(52)30-43)50-16-9-8-10-17-50)45-22-27-62-53(31-45)51-18-11-12-19-60(51)76(62)66-46(36-70)14-13-15-47(66)37-71/h8-34H,35H2,1-7H3. The van der Waals surface area contributed by atoms with Gasteiger partial charge < -0.3 is 13.7 Å². The molecule has 0 aliphatic heterocycles. The zero-order chi connectivity index (χ0) is 53.7. The monoisotopic (exact) mass is 990 g/mol. The van der Waals surface area contributed by atoms with Crippen molar-refractivity contribution in [3.8, 4) is 58.5 Å². The summed E-state index contributed by atoms with van der Waals surface area (Å²) in [6.07, 6.45) is 0.745. The van der Waals surface area contributed by atoms with E-state index in [1.807, 2.05) is 24.3 Å². The van der Waals surface area contributed by atoms with Gasteiger partial charge in [0.15, 0.2) is 0 Å². The molecule has 0 atom stereocenters. The summed E-state index contributed by atoms with van der Waals surface area (Å²) in [5.74, 6) is 0. The molecule has 0 fully saturated rings. The number of para-hydroxylation sites is 3. The maximum Gasteiger partial charge on any atom is 0.102 e. The molecule has 0 bridgehead atoms. The molecule has 0 unspecified atom stereocenters. The third-order valence-corrected chi connectivity index (χ3v) is 15.9. The van der Waals surface area contributed by atoms with Crippen LogP contribution in [-0.4, -0.2) is 13.7 Å². The van der Waals surface area contributed by atoms with E-state index in [0.29, 0.717) is 50.3 Å². The summed E-state index contributed by atoms with van der Waals surface area (Å²) in [7, 11) is 0. The van der Waals surface area contributed by atoms with Crippen molar-refractivity contribution in [1.29, 1.82) is 26.3 Å². The summed E-state index contributed by atoms with van der Waals surface area (Å²) in [6, 6.07) is 68.9. The molecule has 0 spiro atoms. The van der Waals surface area contributed by atoms with Crippen LogP contribution in [0.4, 0.5) is 0 Å². The van der Waals surface area contributed by atoms with E-state index in [1.54, 1.807) is 32.0 Å². The van der Waals surface area contributed by atoms with Gasteiger partial charge >= 0.3 is 0 Å². The van der Waals surface area contributed by atoms with Crippen LogP contribution in [0, 0.1) is 70.5 Å². The summed E-state index contributed by atoms with van der Waals surface area (Å²) in [5, 5.41) is 58.3. The summed E-state index contributed by atoms with van der Waals surface area (Å²) >= 11 is 0. The zero-order valence-electron chi connectivity index (χ0n) is 43.9. The lowest BCUT2D eigenvalue weighted by Crippen LogP contribution is -2.20. The van der Waals surface area contributed by atoms with Crippen LogP contribution < -0.4 is 0 Å². The Morgan fingerprint density at radius 3 is 1.43 bits per heavy atom. The van der Waals surface area contributed by atoms with Gasteiger partial charge in [0.2, 0.25) is 0 Å². The SMILES string of the molecule is Cc1c(C#N)c(C)c(C#N)c(-n2c3ccc(C(C)(C)C)cc3c3cc(C(C)(C)Cc4ccc5c6cc(-c7ccc8c(c7)c7ccccc7n8-c7c(C#N)cccc7C#N)ccc6n(-c6ccccc6)c5c4)ccc32)c1C#N. The van der Waals surface area contributed by atoms with Crippen LogP contribution in [0.5, 0.6) is 0 Å². The minimum Gasteiger partial charge on any atom is -0.309 e. The minimum absolute atomic E-state index is 0.130. The first kappa shape index (κ1) is 47.8. The van der Waals surface area contributed by atoms with Gasteiger partial charge in [0.25, 0.3) is 0 Å². The topological polar surface area (TPSA) is 134 Å². The van der Waals surface area contributed by atoms with E-state index in [0.717, 1.165) is 94.2 Å². The Hall–Kier alpha value is -10.2. The van der Waals surface area contributed by atoms with Crippen LogP contribution in [0.3, 0.4) is 0 Å². The highest BCUT2D eigenvalue weighted by molar-refractivity contribution is 6.14. The van der Waals surface area contributed by atoms with E-state index in [9.17, 15) is 26.3 Å². The number of nitriles is 5. The predicted molar refractivity (Wildman–Crippen MR) is 310 cm³/mol. The van der Waals surface area contributed by atoms with Crippen molar-refractivity contribution < 1.29 is 0 Å². The molecular weight excluding hydrogens is 941 g/mol. The molecule has 8 nitrogen and oxygen atoms in total. The van der Waals surface area contributed by atoms with Gasteiger partial charge in [-0.15, -0.1) is 0 Å². The Bertz CT molecular complexity index is 4670. The van der Waals surface area contributed by atoms with Crippen molar-refractivity contribution in [3.05, 3.63) is 219 Å². The van der Waals surface area contributed by atoms with Crippen molar-refractivity contribution >= 4 is 65.4 Å². The number of hydrogen-bond acceptors (Lipinski definition) is 5. The third-order valence-electron chi connectivity index (χ3n) is 15.9. The van der Waals surface area contributed by atoms with Crippen LogP contribution in [0.1, 0.15) is 90.3 Å². The number of benzene rings is 9. The molecule has 0 saturated heterocycles. The van der Waals surface area contributed by atoms with Gasteiger partial charge in [-0.1, -0.05) is 113 Å². The lowest BCUT2D eigenvalue weighted by molar-refractivity contribution is 0.523. The highest BCUT2D eigenvalue weighted by atomic mass is 15.0. The van der Waals surface area contributed by atoms with Crippen LogP contribution >= 0.6 is 0 Å². The second kappa shape index (κ2) is 17.8. The molecule has 3 aromatic heterocycles. The van der Waals surface area contributed by atoms with Gasteiger partial charge in [-0.25, -0.2) is 0 Å². The molecule has 0 aliphatic rings. The molecule has 0 aliphatic carbocycles. The maximum atomic E-state index is 10.7. The Balaban J connectivity index is 0.981. The van der Waals surface area contributed by atoms with Gasteiger partial charge in [-0.05, 0) is 155 Å².